The van der Waals surface area contributed by atoms with Gasteiger partial charge in [0, 0.05) is 31.2 Å². The van der Waals surface area contributed by atoms with Gasteiger partial charge in [-0.3, -0.25) is 4.79 Å². The van der Waals surface area contributed by atoms with Crippen molar-refractivity contribution < 1.29 is 13.2 Å². The molecule has 25 heavy (non-hydrogen) atoms. The van der Waals surface area contributed by atoms with Crippen molar-refractivity contribution >= 4 is 15.9 Å². The van der Waals surface area contributed by atoms with Crippen LogP contribution in [0.5, 0.6) is 0 Å². The number of aryl methyl sites for hydroxylation is 1. The van der Waals surface area contributed by atoms with E-state index in [-0.39, 0.29) is 16.8 Å². The predicted molar refractivity (Wildman–Crippen MR) is 99.2 cm³/mol. The van der Waals surface area contributed by atoms with E-state index < -0.39 is 10.0 Å². The maximum atomic E-state index is 12.7. The summed E-state index contributed by atoms with van der Waals surface area (Å²) in [5.74, 6) is 0.183. The second kappa shape index (κ2) is 8.29. The molecule has 7 heteroatoms. The van der Waals surface area contributed by atoms with Crippen LogP contribution in [0.25, 0.3) is 0 Å². The van der Waals surface area contributed by atoms with Crippen LogP contribution in [-0.2, 0) is 10.0 Å². The molecule has 6 nitrogen and oxygen atoms in total. The largest absolute Gasteiger partial charge is 0.348 e. The van der Waals surface area contributed by atoms with Gasteiger partial charge >= 0.3 is 0 Å². The van der Waals surface area contributed by atoms with Crippen LogP contribution in [-0.4, -0.2) is 50.9 Å². The molecule has 0 saturated carbocycles. The minimum atomic E-state index is -3.58. The monoisotopic (exact) mass is 367 g/mol. The van der Waals surface area contributed by atoms with Gasteiger partial charge in [0.2, 0.25) is 10.0 Å². The number of amides is 1. The molecule has 1 aromatic rings. The Kier molecular flexibility index (Phi) is 6.59. The summed E-state index contributed by atoms with van der Waals surface area (Å²) in [6.07, 6.45) is 1.01. The molecule has 1 aliphatic rings. The minimum Gasteiger partial charge on any atom is -0.348 e. The summed E-state index contributed by atoms with van der Waals surface area (Å²) in [5.41, 5.74) is 1.19. The van der Waals surface area contributed by atoms with E-state index in [4.69, 9.17) is 0 Å². The first-order valence-corrected chi connectivity index (χ1v) is 10.4. The van der Waals surface area contributed by atoms with Crippen LogP contribution in [0.3, 0.4) is 0 Å². The van der Waals surface area contributed by atoms with Gasteiger partial charge in [0.25, 0.3) is 5.91 Å². The van der Waals surface area contributed by atoms with Crippen molar-refractivity contribution in [1.29, 1.82) is 0 Å². The third kappa shape index (κ3) is 4.40. The van der Waals surface area contributed by atoms with E-state index in [0.717, 1.165) is 25.1 Å². The third-order valence-electron chi connectivity index (χ3n) is 4.94. The Morgan fingerprint density at radius 1 is 1.32 bits per heavy atom. The van der Waals surface area contributed by atoms with Gasteiger partial charge in [-0.25, -0.2) is 8.42 Å². The van der Waals surface area contributed by atoms with Crippen LogP contribution in [0.15, 0.2) is 23.1 Å². The van der Waals surface area contributed by atoms with Crippen LogP contribution < -0.4 is 10.6 Å². The normalized spacial score (nSPS) is 21.3. The Hall–Kier alpha value is -1.44. The zero-order valence-corrected chi connectivity index (χ0v) is 16.3. The van der Waals surface area contributed by atoms with Crippen LogP contribution >= 0.6 is 0 Å². The number of hydrogen-bond acceptors (Lipinski definition) is 4. The highest BCUT2D eigenvalue weighted by Crippen LogP contribution is 2.20. The van der Waals surface area contributed by atoms with Gasteiger partial charge in [0.15, 0.2) is 0 Å². The molecule has 2 rings (SSSR count). The smallest absolute Gasteiger partial charge is 0.251 e. The number of nitrogens with one attached hydrogen (secondary N) is 2. The summed E-state index contributed by atoms with van der Waals surface area (Å²) in [6.45, 7) is 10.1. The number of hydrogen-bond donors (Lipinski definition) is 2. The van der Waals surface area contributed by atoms with Crippen molar-refractivity contribution in [3.8, 4) is 0 Å². The second-order valence-corrected chi connectivity index (χ2v) is 8.55. The van der Waals surface area contributed by atoms with E-state index in [2.05, 4.69) is 17.6 Å². The Morgan fingerprint density at radius 3 is 2.60 bits per heavy atom. The summed E-state index contributed by atoms with van der Waals surface area (Å²) in [7, 11) is -3.58. The fourth-order valence-electron chi connectivity index (χ4n) is 3.15. The van der Waals surface area contributed by atoms with Gasteiger partial charge in [-0.2, -0.15) is 4.31 Å². The molecule has 2 N–H and O–H groups in total. The van der Waals surface area contributed by atoms with Crippen molar-refractivity contribution in [2.45, 2.75) is 45.1 Å². The Labute approximate surface area is 151 Å². The van der Waals surface area contributed by atoms with Crippen LogP contribution in [0.1, 0.15) is 43.1 Å². The number of nitrogens with zero attached hydrogens (tertiary/aromatic N) is 1. The highest BCUT2D eigenvalue weighted by Gasteiger charge is 2.26. The molecule has 1 fully saturated rings. The Balaban J connectivity index is 2.28. The van der Waals surface area contributed by atoms with E-state index >= 15 is 0 Å². The molecule has 1 aromatic carbocycles. The van der Waals surface area contributed by atoms with Gasteiger partial charge in [-0.1, -0.05) is 26.8 Å². The number of carbonyl (C=O) groups is 1. The van der Waals surface area contributed by atoms with E-state index in [1.807, 2.05) is 6.92 Å². The summed E-state index contributed by atoms with van der Waals surface area (Å²) in [4.78, 5) is 12.9. The first-order chi connectivity index (χ1) is 11.8. The highest BCUT2D eigenvalue weighted by atomic mass is 32.2. The van der Waals surface area contributed by atoms with Crippen LogP contribution in [0.2, 0.25) is 0 Å². The molecule has 1 heterocycles. The van der Waals surface area contributed by atoms with Gasteiger partial charge in [-0.05, 0) is 43.5 Å². The second-order valence-electron chi connectivity index (χ2n) is 6.62. The van der Waals surface area contributed by atoms with Crippen molar-refractivity contribution in [2.75, 3.05) is 26.2 Å². The van der Waals surface area contributed by atoms with Crippen molar-refractivity contribution in [2.24, 2.45) is 5.92 Å². The number of carbonyl (C=O) groups excluding carboxylic acids is 1. The summed E-state index contributed by atoms with van der Waals surface area (Å²) in [6, 6.07) is 4.83. The third-order valence-corrected chi connectivity index (χ3v) is 6.99. The molecule has 0 bridgehead atoms. The molecule has 140 valence electrons. The fourth-order valence-corrected chi connectivity index (χ4v) is 4.63. The van der Waals surface area contributed by atoms with Gasteiger partial charge < -0.3 is 10.6 Å². The average Bonchev–Trinajstić information content (AvgIpc) is 2.58. The lowest BCUT2D eigenvalue weighted by molar-refractivity contribution is 0.0914. The molecule has 1 saturated heterocycles. The van der Waals surface area contributed by atoms with E-state index in [1.54, 1.807) is 26.0 Å². The van der Waals surface area contributed by atoms with E-state index in [1.165, 1.54) is 10.4 Å². The van der Waals surface area contributed by atoms with Crippen LogP contribution in [0, 0.1) is 12.8 Å². The molecule has 0 spiro atoms. The molecule has 0 aromatic heterocycles. The molecule has 2 unspecified atom stereocenters. The fraction of sp³-hybridized carbons (Fsp3) is 0.611. The topological polar surface area (TPSA) is 78.5 Å². The predicted octanol–water partition coefficient (Wildman–Crippen LogP) is 1.75. The number of sulfonamides is 1. The van der Waals surface area contributed by atoms with E-state index in [9.17, 15) is 13.2 Å². The molecular weight excluding hydrogens is 338 g/mol. The number of rotatable bonds is 6. The maximum Gasteiger partial charge on any atom is 0.251 e. The SMILES string of the molecule is CCN(CC)S(=O)(=O)c1ccc(C)c(C(=O)NC2CNCCC2C)c1. The first kappa shape index (κ1) is 19.9. The van der Waals surface area contributed by atoms with Crippen molar-refractivity contribution in [1.82, 2.24) is 14.9 Å². The minimum absolute atomic E-state index is 0.0590. The number of piperidine rings is 1. The molecule has 1 aliphatic heterocycles. The average molecular weight is 368 g/mol. The Morgan fingerprint density at radius 2 is 2.00 bits per heavy atom. The molecule has 0 aliphatic carbocycles. The lowest BCUT2D eigenvalue weighted by Gasteiger charge is -2.30. The maximum absolute atomic E-state index is 12.7. The lowest BCUT2D eigenvalue weighted by Crippen LogP contribution is -2.50. The first-order valence-electron chi connectivity index (χ1n) is 8.93. The van der Waals surface area contributed by atoms with Gasteiger partial charge in [0.1, 0.15) is 0 Å². The summed E-state index contributed by atoms with van der Waals surface area (Å²) < 4.78 is 26.8. The zero-order chi connectivity index (χ0) is 18.6. The molecule has 1 amide bonds. The number of benzene rings is 1. The standard InChI is InChI=1S/C18H29N3O3S/c1-5-21(6-2)25(23,24)15-8-7-13(3)16(11-15)18(22)20-17-12-19-10-9-14(17)4/h7-8,11,14,17,19H,5-6,9-10,12H2,1-4H3,(H,20,22). The van der Waals surface area contributed by atoms with Gasteiger partial charge in [0.05, 0.1) is 4.90 Å². The van der Waals surface area contributed by atoms with Crippen molar-refractivity contribution in [3.63, 3.8) is 0 Å². The van der Waals surface area contributed by atoms with Gasteiger partial charge in [-0.15, -0.1) is 0 Å². The lowest BCUT2D eigenvalue weighted by atomic mass is 9.94. The molecule has 0 radical (unpaired) electrons. The van der Waals surface area contributed by atoms with Crippen LogP contribution in [0.4, 0.5) is 0 Å². The summed E-state index contributed by atoms with van der Waals surface area (Å²) in [5, 5.41) is 6.34. The molecule has 2 atom stereocenters. The van der Waals surface area contributed by atoms with E-state index in [0.29, 0.717) is 24.6 Å². The Bertz CT molecular complexity index is 714. The van der Waals surface area contributed by atoms with Crippen molar-refractivity contribution in [3.05, 3.63) is 29.3 Å². The molecular formula is C18H29N3O3S. The quantitative estimate of drug-likeness (QED) is 0.803. The summed E-state index contributed by atoms with van der Waals surface area (Å²) >= 11 is 0. The highest BCUT2D eigenvalue weighted by molar-refractivity contribution is 7.89. The zero-order valence-electron chi connectivity index (χ0n) is 15.5.